The zero-order valence-electron chi connectivity index (χ0n) is 11.6. The third-order valence-corrected chi connectivity index (χ3v) is 4.49. The first-order chi connectivity index (χ1) is 10.1. The first-order valence-electron chi connectivity index (χ1n) is 6.50. The number of aryl methyl sites for hydroxylation is 1. The number of carbonyl (C=O) groups excluding carboxylic acids is 2. The van der Waals surface area contributed by atoms with E-state index in [4.69, 9.17) is 4.42 Å². The van der Waals surface area contributed by atoms with Crippen molar-refractivity contribution in [1.29, 1.82) is 0 Å². The van der Waals surface area contributed by atoms with Crippen molar-refractivity contribution >= 4 is 28.3 Å². The van der Waals surface area contributed by atoms with Gasteiger partial charge < -0.3 is 14.5 Å². The number of aromatic nitrogens is 1. The van der Waals surface area contributed by atoms with Gasteiger partial charge >= 0.3 is 5.97 Å². The van der Waals surface area contributed by atoms with Gasteiger partial charge in [0.15, 0.2) is 5.13 Å². The highest BCUT2D eigenvalue weighted by molar-refractivity contribution is 7.17. The second kappa shape index (κ2) is 5.33. The first kappa shape index (κ1) is 13.8. The van der Waals surface area contributed by atoms with Gasteiger partial charge in [0.1, 0.15) is 10.6 Å². The average Bonchev–Trinajstić information content (AvgIpc) is 2.91. The average molecular weight is 306 g/mol. The molecule has 1 N–H and O–H groups in total. The number of nitrogens with zero attached hydrogens (tertiary/aromatic N) is 1. The van der Waals surface area contributed by atoms with Gasteiger partial charge in [-0.3, -0.25) is 4.79 Å². The molecule has 1 aliphatic carbocycles. The molecule has 0 unspecified atom stereocenters. The van der Waals surface area contributed by atoms with E-state index in [2.05, 4.69) is 15.0 Å². The molecule has 2 heterocycles. The van der Waals surface area contributed by atoms with Crippen molar-refractivity contribution < 1.29 is 18.7 Å². The second-order valence-corrected chi connectivity index (χ2v) is 5.88. The number of anilines is 1. The second-order valence-electron chi connectivity index (χ2n) is 4.88. The molecule has 2 atom stereocenters. The molecule has 3 rings (SSSR count). The van der Waals surface area contributed by atoms with Crippen LogP contribution in [-0.2, 0) is 9.53 Å². The van der Waals surface area contributed by atoms with E-state index in [-0.39, 0.29) is 17.7 Å². The van der Waals surface area contributed by atoms with Crippen LogP contribution >= 0.6 is 11.3 Å². The Balaban J connectivity index is 1.65. The van der Waals surface area contributed by atoms with Crippen LogP contribution in [-0.4, -0.2) is 24.0 Å². The van der Waals surface area contributed by atoms with Gasteiger partial charge in [-0.15, -0.1) is 0 Å². The van der Waals surface area contributed by atoms with Crippen molar-refractivity contribution in [2.75, 3.05) is 12.4 Å². The Labute approximate surface area is 125 Å². The molecule has 0 bridgehead atoms. The molecule has 1 saturated carbocycles. The summed E-state index contributed by atoms with van der Waals surface area (Å²) in [6.07, 6.45) is 2.38. The van der Waals surface area contributed by atoms with Crippen molar-refractivity contribution in [2.24, 2.45) is 5.92 Å². The van der Waals surface area contributed by atoms with Crippen LogP contribution in [0.2, 0.25) is 0 Å². The molecule has 110 valence electrons. The van der Waals surface area contributed by atoms with Gasteiger partial charge in [-0.1, -0.05) is 11.3 Å². The minimum Gasteiger partial charge on any atom is -0.469 e. The normalized spacial score (nSPS) is 20.1. The van der Waals surface area contributed by atoms with Crippen LogP contribution in [0.5, 0.6) is 0 Å². The molecule has 0 aromatic carbocycles. The van der Waals surface area contributed by atoms with E-state index < -0.39 is 5.97 Å². The summed E-state index contributed by atoms with van der Waals surface area (Å²) >= 11 is 1.12. The number of esters is 1. The topological polar surface area (TPSA) is 81.4 Å². The van der Waals surface area contributed by atoms with Crippen LogP contribution in [0.15, 0.2) is 22.8 Å². The van der Waals surface area contributed by atoms with Crippen LogP contribution < -0.4 is 5.32 Å². The largest absolute Gasteiger partial charge is 0.469 e. The number of methoxy groups -OCH3 is 1. The maximum Gasteiger partial charge on any atom is 0.350 e. The molecule has 0 spiro atoms. The predicted molar refractivity (Wildman–Crippen MR) is 76.4 cm³/mol. The maximum atomic E-state index is 12.1. The van der Waals surface area contributed by atoms with Gasteiger partial charge in [0.05, 0.1) is 19.1 Å². The summed E-state index contributed by atoms with van der Waals surface area (Å²) < 4.78 is 9.97. The minimum atomic E-state index is -0.439. The highest BCUT2D eigenvalue weighted by atomic mass is 32.1. The molecule has 2 aromatic heterocycles. The summed E-state index contributed by atoms with van der Waals surface area (Å²) in [5, 5.41) is 3.17. The van der Waals surface area contributed by atoms with Crippen molar-refractivity contribution in [2.45, 2.75) is 19.3 Å². The highest BCUT2D eigenvalue weighted by Gasteiger charge is 2.46. The molecule has 1 fully saturated rings. The number of nitrogens with one attached hydrogen (secondary N) is 1. The van der Waals surface area contributed by atoms with Crippen LogP contribution in [0.25, 0.3) is 0 Å². The van der Waals surface area contributed by atoms with Gasteiger partial charge in [-0.2, -0.15) is 0 Å². The molecule has 2 aromatic rings. The lowest BCUT2D eigenvalue weighted by Crippen LogP contribution is -2.14. The fourth-order valence-corrected chi connectivity index (χ4v) is 3.12. The van der Waals surface area contributed by atoms with E-state index in [0.29, 0.717) is 15.7 Å². The summed E-state index contributed by atoms with van der Waals surface area (Å²) in [4.78, 5) is 28.2. The number of carbonyl (C=O) groups is 2. The van der Waals surface area contributed by atoms with E-state index in [0.717, 1.165) is 23.5 Å². The Morgan fingerprint density at radius 3 is 3.00 bits per heavy atom. The van der Waals surface area contributed by atoms with Crippen molar-refractivity contribution in [3.63, 3.8) is 0 Å². The third kappa shape index (κ3) is 2.69. The SMILES string of the molecule is COC(=O)c1sc(NC(=O)[C@H]2C[C@H]2c2ccco2)nc1C. The monoisotopic (exact) mass is 306 g/mol. The number of thiazole rings is 1. The van der Waals surface area contributed by atoms with Crippen LogP contribution in [0.1, 0.15) is 33.5 Å². The fourth-order valence-electron chi connectivity index (χ4n) is 2.23. The summed E-state index contributed by atoms with van der Waals surface area (Å²) in [6, 6.07) is 3.69. The Hall–Kier alpha value is -2.15. The Morgan fingerprint density at radius 1 is 1.52 bits per heavy atom. The van der Waals surface area contributed by atoms with Gasteiger partial charge in [-0.25, -0.2) is 9.78 Å². The minimum absolute atomic E-state index is 0.0954. The van der Waals surface area contributed by atoms with E-state index in [9.17, 15) is 9.59 Å². The molecule has 21 heavy (non-hydrogen) atoms. The van der Waals surface area contributed by atoms with Crippen LogP contribution in [0, 0.1) is 12.8 Å². The Morgan fingerprint density at radius 2 is 2.33 bits per heavy atom. The van der Waals surface area contributed by atoms with Crippen LogP contribution in [0.4, 0.5) is 5.13 Å². The van der Waals surface area contributed by atoms with Gasteiger partial charge in [-0.05, 0) is 25.5 Å². The van der Waals surface area contributed by atoms with Crippen molar-refractivity contribution in [1.82, 2.24) is 4.98 Å². The van der Waals surface area contributed by atoms with Gasteiger partial charge in [0.2, 0.25) is 5.91 Å². The number of furan rings is 1. The molecular weight excluding hydrogens is 292 g/mol. The van der Waals surface area contributed by atoms with E-state index in [1.165, 1.54) is 7.11 Å². The quantitative estimate of drug-likeness (QED) is 0.878. The molecule has 0 aliphatic heterocycles. The molecule has 1 amide bonds. The molecule has 1 aliphatic rings. The van der Waals surface area contributed by atoms with Gasteiger partial charge in [0, 0.05) is 11.8 Å². The van der Waals surface area contributed by atoms with E-state index >= 15 is 0 Å². The van der Waals surface area contributed by atoms with E-state index in [1.807, 2.05) is 12.1 Å². The summed E-state index contributed by atoms with van der Waals surface area (Å²) in [6.45, 7) is 1.71. The number of rotatable bonds is 4. The molecular formula is C14H14N2O4S. The standard InChI is InChI=1S/C14H14N2O4S/c1-7-11(13(18)19-2)21-14(15-7)16-12(17)9-6-8(9)10-4-3-5-20-10/h3-5,8-9H,6H2,1-2H3,(H,15,16,17)/t8-,9+/m1/s1. The number of hydrogen-bond acceptors (Lipinski definition) is 6. The zero-order valence-corrected chi connectivity index (χ0v) is 12.4. The summed E-state index contributed by atoms with van der Waals surface area (Å²) in [7, 11) is 1.32. The van der Waals surface area contributed by atoms with Gasteiger partial charge in [0.25, 0.3) is 0 Å². The lowest BCUT2D eigenvalue weighted by molar-refractivity contribution is -0.117. The van der Waals surface area contributed by atoms with Crippen LogP contribution in [0.3, 0.4) is 0 Å². The highest BCUT2D eigenvalue weighted by Crippen LogP contribution is 2.48. The summed E-state index contributed by atoms with van der Waals surface area (Å²) in [5.41, 5.74) is 0.556. The smallest absolute Gasteiger partial charge is 0.350 e. The number of amides is 1. The van der Waals surface area contributed by atoms with Crippen molar-refractivity contribution in [3.8, 4) is 0 Å². The molecule has 0 saturated heterocycles. The zero-order chi connectivity index (χ0) is 15.0. The first-order valence-corrected chi connectivity index (χ1v) is 7.31. The van der Waals surface area contributed by atoms with Crippen molar-refractivity contribution in [3.05, 3.63) is 34.7 Å². The predicted octanol–water partition coefficient (Wildman–Crippen LogP) is 2.57. The maximum absolute atomic E-state index is 12.1. The molecule has 0 radical (unpaired) electrons. The Bertz CT molecular complexity index is 677. The number of ether oxygens (including phenoxy) is 1. The summed E-state index contributed by atoms with van der Waals surface area (Å²) in [5.74, 6) is 0.343. The van der Waals surface area contributed by atoms with E-state index in [1.54, 1.807) is 13.2 Å². The molecule has 6 nitrogen and oxygen atoms in total. The lowest BCUT2D eigenvalue weighted by atomic mass is 10.2. The molecule has 7 heteroatoms. The fraction of sp³-hybridized carbons (Fsp3) is 0.357. The lowest BCUT2D eigenvalue weighted by Gasteiger charge is -1.99. The number of hydrogen-bond donors (Lipinski definition) is 1. The third-order valence-electron chi connectivity index (χ3n) is 3.43. The Kier molecular flexibility index (Phi) is 3.50.